The van der Waals surface area contributed by atoms with Gasteiger partial charge >= 0.3 is 11.9 Å². The van der Waals surface area contributed by atoms with E-state index in [1.165, 1.54) is 0 Å². The molecule has 12 heteroatoms. The highest BCUT2D eigenvalue weighted by atomic mass is 32.2. The van der Waals surface area contributed by atoms with Crippen LogP contribution in [-0.2, 0) is 29.0 Å². The zero-order valence-electron chi connectivity index (χ0n) is 18.6. The van der Waals surface area contributed by atoms with Crippen LogP contribution in [0.2, 0.25) is 0 Å². The summed E-state index contributed by atoms with van der Waals surface area (Å²) in [6, 6.07) is 13.2. The summed E-state index contributed by atoms with van der Waals surface area (Å²) >= 11 is 0. The molecule has 0 aromatic heterocycles. The van der Waals surface area contributed by atoms with Gasteiger partial charge < -0.3 is 20.8 Å². The van der Waals surface area contributed by atoms with Crippen LogP contribution in [0.3, 0.4) is 0 Å². The van der Waals surface area contributed by atoms with E-state index < -0.39 is 21.8 Å². The molecule has 1 saturated heterocycles. The average molecular weight is 494 g/mol. The molecule has 1 fully saturated rings. The largest absolute Gasteiger partial charge is 0.473 e. The van der Waals surface area contributed by atoms with Crippen molar-refractivity contribution in [1.29, 1.82) is 0 Å². The second-order valence-electron chi connectivity index (χ2n) is 7.66. The zero-order chi connectivity index (χ0) is 25.3. The molecule has 184 valence electrons. The van der Waals surface area contributed by atoms with Crippen LogP contribution in [0.25, 0.3) is 10.8 Å². The van der Waals surface area contributed by atoms with Gasteiger partial charge in [-0.25, -0.2) is 18.0 Å². The Hall–Kier alpha value is -3.51. The van der Waals surface area contributed by atoms with Crippen molar-refractivity contribution in [2.45, 2.75) is 19.4 Å². The topological polar surface area (TPSA) is 170 Å². The number of fused-ring (bicyclic) bond motifs is 1. The third kappa shape index (κ3) is 8.45. The molecule has 4 N–H and O–H groups in total. The molecule has 1 heterocycles. The van der Waals surface area contributed by atoms with E-state index in [2.05, 4.69) is 10.6 Å². The molecule has 0 radical (unpaired) electrons. The van der Waals surface area contributed by atoms with Crippen molar-refractivity contribution in [3.8, 4) is 0 Å². The fourth-order valence-electron chi connectivity index (χ4n) is 3.39. The second-order valence-corrected chi connectivity index (χ2v) is 9.88. The number of carboxylic acid groups (broad SMARTS) is 2. The number of hydrogen-bond donors (Lipinski definition) is 4. The van der Waals surface area contributed by atoms with Crippen LogP contribution in [0.15, 0.2) is 42.5 Å². The molecule has 0 saturated carbocycles. The van der Waals surface area contributed by atoms with Gasteiger partial charge in [-0.15, -0.1) is 0 Å². The van der Waals surface area contributed by atoms with E-state index in [1.807, 2.05) is 49.4 Å². The Morgan fingerprint density at radius 2 is 1.59 bits per heavy atom. The monoisotopic (exact) mass is 493 g/mol. The Bertz CT molecular complexity index is 1150. The summed E-state index contributed by atoms with van der Waals surface area (Å²) in [4.78, 5) is 44.6. The Labute approximate surface area is 196 Å². The Balaban J connectivity index is 0.000000604. The summed E-state index contributed by atoms with van der Waals surface area (Å²) in [5.41, 5.74) is 0.736. The van der Waals surface area contributed by atoms with Gasteiger partial charge in [0.05, 0.1) is 24.6 Å². The highest BCUT2D eigenvalue weighted by Gasteiger charge is 2.29. The van der Waals surface area contributed by atoms with Crippen molar-refractivity contribution >= 4 is 50.1 Å². The van der Waals surface area contributed by atoms with Crippen LogP contribution < -0.4 is 10.6 Å². The molecule has 0 bridgehead atoms. The summed E-state index contributed by atoms with van der Waals surface area (Å²) in [5.74, 6) is -4.00. The molecule has 1 atom stereocenters. The van der Waals surface area contributed by atoms with Gasteiger partial charge in [-0.1, -0.05) is 43.3 Å². The summed E-state index contributed by atoms with van der Waals surface area (Å²) in [6.45, 7) is 2.53. The summed E-state index contributed by atoms with van der Waals surface area (Å²) in [7, 11) is -3.04. The summed E-state index contributed by atoms with van der Waals surface area (Å²) in [6.07, 6.45) is 0.446. The van der Waals surface area contributed by atoms with E-state index in [0.717, 1.165) is 16.5 Å². The lowest BCUT2D eigenvalue weighted by Gasteiger charge is -2.21. The Morgan fingerprint density at radius 3 is 2.18 bits per heavy atom. The number of aliphatic carboxylic acids is 2. The number of sulfone groups is 1. The maximum atomic E-state index is 12.5. The molecule has 11 nitrogen and oxygen atoms in total. The lowest BCUT2D eigenvalue weighted by molar-refractivity contribution is -0.159. The molecule has 34 heavy (non-hydrogen) atoms. The van der Waals surface area contributed by atoms with Crippen molar-refractivity contribution in [2.75, 3.05) is 36.5 Å². The minimum Gasteiger partial charge on any atom is -0.473 e. The standard InChI is InChI=1S/C20H25N3O4S.C2H2O4/c1-2-23(12-19(24)21-16-10-11-28(26,27)14-16)13-20(25)22-18-9-5-7-15-6-3-4-8-17(15)18;3-1(4)2(5)6/h3-9,16H,2,10-14H2,1H3,(H,21,24)(H,22,25);(H,3,4)(H,5,6). The van der Waals surface area contributed by atoms with Crippen molar-refractivity contribution < 1.29 is 37.8 Å². The maximum absolute atomic E-state index is 12.5. The first-order valence-corrected chi connectivity index (χ1v) is 12.3. The summed E-state index contributed by atoms with van der Waals surface area (Å²) < 4.78 is 23.0. The predicted molar refractivity (Wildman–Crippen MR) is 125 cm³/mol. The minimum atomic E-state index is -3.04. The number of amides is 2. The van der Waals surface area contributed by atoms with Gasteiger partial charge in [0.1, 0.15) is 0 Å². The maximum Gasteiger partial charge on any atom is 0.414 e. The van der Waals surface area contributed by atoms with Gasteiger partial charge in [0, 0.05) is 17.1 Å². The first-order valence-electron chi connectivity index (χ1n) is 10.5. The third-order valence-corrected chi connectivity index (χ3v) is 6.79. The van der Waals surface area contributed by atoms with E-state index in [-0.39, 0.29) is 42.5 Å². The van der Waals surface area contributed by atoms with Gasteiger partial charge in [-0.3, -0.25) is 14.5 Å². The van der Waals surface area contributed by atoms with E-state index in [0.29, 0.717) is 13.0 Å². The fourth-order valence-corrected chi connectivity index (χ4v) is 5.07. The number of carbonyl (C=O) groups is 4. The van der Waals surface area contributed by atoms with Crippen LogP contribution in [-0.4, -0.2) is 84.5 Å². The SMILES string of the molecule is CCN(CC(=O)Nc1cccc2ccccc12)CC(=O)NC1CCS(=O)(=O)C1.O=C(O)C(=O)O. The van der Waals surface area contributed by atoms with Crippen LogP contribution >= 0.6 is 0 Å². The minimum absolute atomic E-state index is 0.00751. The third-order valence-electron chi connectivity index (χ3n) is 5.03. The van der Waals surface area contributed by atoms with Gasteiger partial charge in [-0.2, -0.15) is 0 Å². The highest BCUT2D eigenvalue weighted by molar-refractivity contribution is 7.91. The molecule has 2 aromatic rings. The molecule has 2 aromatic carbocycles. The number of nitrogens with one attached hydrogen (secondary N) is 2. The summed E-state index contributed by atoms with van der Waals surface area (Å²) in [5, 5.41) is 22.5. The molecular formula is C22H27N3O8S. The van der Waals surface area contributed by atoms with Gasteiger partial charge in [0.15, 0.2) is 9.84 Å². The number of nitrogens with zero attached hydrogens (tertiary/aromatic N) is 1. The van der Waals surface area contributed by atoms with E-state index in [4.69, 9.17) is 19.8 Å². The number of carbonyl (C=O) groups excluding carboxylic acids is 2. The second kappa shape index (κ2) is 12.1. The van der Waals surface area contributed by atoms with E-state index >= 15 is 0 Å². The molecule has 2 amide bonds. The molecule has 3 rings (SSSR count). The van der Waals surface area contributed by atoms with Crippen molar-refractivity contribution in [2.24, 2.45) is 0 Å². The molecular weight excluding hydrogens is 466 g/mol. The predicted octanol–water partition coefficient (Wildman–Crippen LogP) is 0.559. The van der Waals surface area contributed by atoms with Crippen molar-refractivity contribution in [1.82, 2.24) is 10.2 Å². The quantitative estimate of drug-likeness (QED) is 0.402. The van der Waals surface area contributed by atoms with Crippen LogP contribution in [0.1, 0.15) is 13.3 Å². The van der Waals surface area contributed by atoms with Gasteiger partial charge in [0.2, 0.25) is 11.8 Å². The number of benzene rings is 2. The normalized spacial score (nSPS) is 16.4. The number of likely N-dealkylation sites (N-methyl/N-ethyl adjacent to an activating group) is 1. The lowest BCUT2D eigenvalue weighted by Crippen LogP contribution is -2.44. The Morgan fingerprint density at radius 1 is 0.971 bits per heavy atom. The highest BCUT2D eigenvalue weighted by Crippen LogP contribution is 2.22. The molecule has 0 aliphatic carbocycles. The molecule has 1 aliphatic rings. The average Bonchev–Trinajstić information content (AvgIpc) is 3.11. The van der Waals surface area contributed by atoms with Crippen LogP contribution in [0.4, 0.5) is 5.69 Å². The zero-order valence-corrected chi connectivity index (χ0v) is 19.4. The smallest absolute Gasteiger partial charge is 0.414 e. The number of carboxylic acids is 2. The first kappa shape index (κ1) is 26.7. The van der Waals surface area contributed by atoms with E-state index in [9.17, 15) is 18.0 Å². The molecule has 1 unspecified atom stereocenters. The van der Waals surface area contributed by atoms with Crippen LogP contribution in [0, 0.1) is 0 Å². The van der Waals surface area contributed by atoms with E-state index in [1.54, 1.807) is 4.90 Å². The number of rotatable bonds is 7. The van der Waals surface area contributed by atoms with Crippen LogP contribution in [0.5, 0.6) is 0 Å². The number of hydrogen-bond acceptors (Lipinski definition) is 7. The van der Waals surface area contributed by atoms with Crippen molar-refractivity contribution in [3.05, 3.63) is 42.5 Å². The first-order chi connectivity index (χ1) is 16.0. The fraction of sp³-hybridized carbons (Fsp3) is 0.364. The molecule has 0 spiro atoms. The lowest BCUT2D eigenvalue weighted by atomic mass is 10.1. The Kier molecular flexibility index (Phi) is 9.51. The van der Waals surface area contributed by atoms with Gasteiger partial charge in [-0.05, 0) is 24.4 Å². The van der Waals surface area contributed by atoms with Crippen molar-refractivity contribution in [3.63, 3.8) is 0 Å². The number of anilines is 1. The molecule has 1 aliphatic heterocycles. The van der Waals surface area contributed by atoms with Gasteiger partial charge in [0.25, 0.3) is 0 Å².